The summed E-state index contributed by atoms with van der Waals surface area (Å²) in [7, 11) is 0. The van der Waals surface area contributed by atoms with Crippen molar-refractivity contribution in [3.8, 4) is 0 Å². The van der Waals surface area contributed by atoms with E-state index in [9.17, 15) is 4.79 Å². The Morgan fingerprint density at radius 1 is 1.26 bits per heavy atom. The van der Waals surface area contributed by atoms with E-state index in [0.29, 0.717) is 6.54 Å². The number of rotatable bonds is 3. The molecule has 1 atom stereocenters. The number of nitrogens with zero attached hydrogens (tertiary/aromatic N) is 2. The van der Waals surface area contributed by atoms with Crippen LogP contribution in [0, 0.1) is 6.92 Å². The van der Waals surface area contributed by atoms with Gasteiger partial charge in [-0.15, -0.1) is 0 Å². The molecule has 1 aromatic heterocycles. The molecule has 1 amide bonds. The maximum Gasteiger partial charge on any atom is 0.246 e. The van der Waals surface area contributed by atoms with Gasteiger partial charge in [0.1, 0.15) is 0 Å². The second-order valence-electron chi connectivity index (χ2n) is 5.71. The highest BCUT2D eigenvalue weighted by atomic mass is 16.2. The first-order valence-corrected chi connectivity index (χ1v) is 7.91. The Morgan fingerprint density at radius 2 is 2.09 bits per heavy atom. The summed E-state index contributed by atoms with van der Waals surface area (Å²) in [4.78, 5) is 18.6. The number of carbonyl (C=O) groups excluding carboxylic acids is 1. The summed E-state index contributed by atoms with van der Waals surface area (Å²) in [6, 6.07) is 14.3. The van der Waals surface area contributed by atoms with Gasteiger partial charge >= 0.3 is 0 Å². The Bertz CT molecular complexity index is 697. The van der Waals surface area contributed by atoms with E-state index in [-0.39, 0.29) is 11.9 Å². The SMILES string of the molecule is Cc1ncccc1/C=C/C(=O)N1CCNC(c2ccccc2)C1. The van der Waals surface area contributed by atoms with Gasteiger partial charge in [0.15, 0.2) is 0 Å². The van der Waals surface area contributed by atoms with Crippen LogP contribution in [-0.2, 0) is 4.79 Å². The van der Waals surface area contributed by atoms with Gasteiger partial charge in [-0.1, -0.05) is 36.4 Å². The third-order valence-corrected chi connectivity index (χ3v) is 4.14. The van der Waals surface area contributed by atoms with Crippen molar-refractivity contribution < 1.29 is 4.79 Å². The molecule has 4 nitrogen and oxygen atoms in total. The van der Waals surface area contributed by atoms with Gasteiger partial charge in [-0.05, 0) is 30.2 Å². The molecule has 0 aliphatic carbocycles. The first kappa shape index (κ1) is 15.4. The minimum absolute atomic E-state index is 0.0516. The number of benzene rings is 1. The highest BCUT2D eigenvalue weighted by Crippen LogP contribution is 2.17. The molecule has 1 aliphatic rings. The monoisotopic (exact) mass is 307 g/mol. The molecule has 118 valence electrons. The third-order valence-electron chi connectivity index (χ3n) is 4.14. The van der Waals surface area contributed by atoms with Crippen molar-refractivity contribution in [2.75, 3.05) is 19.6 Å². The fourth-order valence-corrected chi connectivity index (χ4v) is 2.80. The number of pyridine rings is 1. The van der Waals surface area contributed by atoms with E-state index in [1.807, 2.05) is 48.2 Å². The molecule has 0 spiro atoms. The number of carbonyl (C=O) groups is 1. The van der Waals surface area contributed by atoms with Gasteiger partial charge in [-0.3, -0.25) is 9.78 Å². The van der Waals surface area contributed by atoms with Gasteiger partial charge in [-0.25, -0.2) is 0 Å². The standard InChI is InChI=1S/C19H21N3O/c1-15-16(8-5-11-20-15)9-10-19(23)22-13-12-21-18(14-22)17-6-3-2-4-7-17/h2-11,18,21H,12-14H2,1H3/b10-9+. The normalized spacial score (nSPS) is 18.3. The van der Waals surface area contributed by atoms with Crippen LogP contribution < -0.4 is 5.32 Å². The number of piperazine rings is 1. The predicted molar refractivity (Wildman–Crippen MR) is 91.8 cm³/mol. The molecule has 0 bridgehead atoms. The molecular formula is C19H21N3O. The topological polar surface area (TPSA) is 45.2 Å². The van der Waals surface area contributed by atoms with Gasteiger partial charge in [0.2, 0.25) is 5.91 Å². The third kappa shape index (κ3) is 3.85. The summed E-state index contributed by atoms with van der Waals surface area (Å²) >= 11 is 0. The first-order valence-electron chi connectivity index (χ1n) is 7.91. The van der Waals surface area contributed by atoms with Crippen molar-refractivity contribution in [2.24, 2.45) is 0 Å². The molecule has 1 unspecified atom stereocenters. The fourth-order valence-electron chi connectivity index (χ4n) is 2.80. The van der Waals surface area contributed by atoms with Gasteiger partial charge in [0, 0.05) is 43.6 Å². The first-order chi connectivity index (χ1) is 11.2. The number of nitrogens with one attached hydrogen (secondary N) is 1. The van der Waals surface area contributed by atoms with E-state index in [0.717, 1.165) is 24.3 Å². The van der Waals surface area contributed by atoms with E-state index in [1.165, 1.54) is 5.56 Å². The van der Waals surface area contributed by atoms with E-state index < -0.39 is 0 Å². The summed E-state index contributed by atoms with van der Waals surface area (Å²) in [5, 5.41) is 3.48. The zero-order chi connectivity index (χ0) is 16.1. The van der Waals surface area contributed by atoms with Crippen molar-refractivity contribution in [3.05, 3.63) is 71.6 Å². The van der Waals surface area contributed by atoms with Crippen LogP contribution in [0.25, 0.3) is 6.08 Å². The van der Waals surface area contributed by atoms with Crippen molar-refractivity contribution >= 4 is 12.0 Å². The predicted octanol–water partition coefficient (Wildman–Crippen LogP) is 2.58. The number of hydrogen-bond acceptors (Lipinski definition) is 3. The quantitative estimate of drug-likeness (QED) is 0.887. The lowest BCUT2D eigenvalue weighted by molar-refractivity contribution is -0.127. The lowest BCUT2D eigenvalue weighted by atomic mass is 10.0. The second-order valence-corrected chi connectivity index (χ2v) is 5.71. The Balaban J connectivity index is 1.67. The highest BCUT2D eigenvalue weighted by molar-refractivity contribution is 5.92. The van der Waals surface area contributed by atoms with Crippen LogP contribution in [0.15, 0.2) is 54.7 Å². The Labute approximate surface area is 136 Å². The number of hydrogen-bond donors (Lipinski definition) is 1. The molecule has 3 rings (SSSR count). The molecule has 2 aromatic rings. The smallest absolute Gasteiger partial charge is 0.246 e. The average Bonchev–Trinajstić information content (AvgIpc) is 2.62. The van der Waals surface area contributed by atoms with E-state index in [4.69, 9.17) is 0 Å². The molecule has 1 saturated heterocycles. The molecule has 23 heavy (non-hydrogen) atoms. The molecular weight excluding hydrogens is 286 g/mol. The maximum atomic E-state index is 12.5. The van der Waals surface area contributed by atoms with Crippen LogP contribution in [0.4, 0.5) is 0 Å². The molecule has 0 radical (unpaired) electrons. The number of aryl methyl sites for hydroxylation is 1. The van der Waals surface area contributed by atoms with Crippen molar-refractivity contribution in [2.45, 2.75) is 13.0 Å². The van der Waals surface area contributed by atoms with Crippen LogP contribution in [0.2, 0.25) is 0 Å². The van der Waals surface area contributed by atoms with E-state index >= 15 is 0 Å². The summed E-state index contributed by atoms with van der Waals surface area (Å²) in [5.41, 5.74) is 3.13. The lowest BCUT2D eigenvalue weighted by Gasteiger charge is -2.33. The Morgan fingerprint density at radius 3 is 2.87 bits per heavy atom. The van der Waals surface area contributed by atoms with E-state index in [2.05, 4.69) is 22.4 Å². The van der Waals surface area contributed by atoms with Gasteiger partial charge in [0.05, 0.1) is 0 Å². The molecule has 2 heterocycles. The van der Waals surface area contributed by atoms with Gasteiger partial charge < -0.3 is 10.2 Å². The van der Waals surface area contributed by atoms with E-state index in [1.54, 1.807) is 12.3 Å². The zero-order valence-corrected chi connectivity index (χ0v) is 13.3. The van der Waals surface area contributed by atoms with Gasteiger partial charge in [0.25, 0.3) is 0 Å². The van der Waals surface area contributed by atoms with Crippen LogP contribution in [0.1, 0.15) is 22.9 Å². The molecule has 1 fully saturated rings. The minimum Gasteiger partial charge on any atom is -0.336 e. The second kappa shape index (κ2) is 7.20. The fraction of sp³-hybridized carbons (Fsp3) is 0.263. The maximum absolute atomic E-state index is 12.5. The highest BCUT2D eigenvalue weighted by Gasteiger charge is 2.22. The molecule has 1 aliphatic heterocycles. The van der Waals surface area contributed by atoms with Crippen LogP contribution in [0.5, 0.6) is 0 Å². The zero-order valence-electron chi connectivity index (χ0n) is 13.3. The average molecular weight is 307 g/mol. The summed E-state index contributed by atoms with van der Waals surface area (Å²) < 4.78 is 0. The Kier molecular flexibility index (Phi) is 4.83. The summed E-state index contributed by atoms with van der Waals surface area (Å²) in [5.74, 6) is 0.0516. The van der Waals surface area contributed by atoms with Crippen molar-refractivity contribution in [3.63, 3.8) is 0 Å². The summed E-state index contributed by atoms with van der Waals surface area (Å²) in [6.45, 7) is 4.18. The molecule has 0 saturated carbocycles. The molecule has 1 aromatic carbocycles. The minimum atomic E-state index is 0.0516. The number of amides is 1. The summed E-state index contributed by atoms with van der Waals surface area (Å²) in [6.07, 6.45) is 5.26. The molecule has 4 heteroatoms. The molecule has 1 N–H and O–H groups in total. The van der Waals surface area contributed by atoms with Crippen molar-refractivity contribution in [1.82, 2.24) is 15.2 Å². The Hall–Kier alpha value is -2.46. The van der Waals surface area contributed by atoms with Crippen LogP contribution >= 0.6 is 0 Å². The largest absolute Gasteiger partial charge is 0.336 e. The van der Waals surface area contributed by atoms with Gasteiger partial charge in [-0.2, -0.15) is 0 Å². The van der Waals surface area contributed by atoms with Crippen LogP contribution in [-0.4, -0.2) is 35.4 Å². The lowest BCUT2D eigenvalue weighted by Crippen LogP contribution is -2.47. The van der Waals surface area contributed by atoms with Crippen molar-refractivity contribution in [1.29, 1.82) is 0 Å². The van der Waals surface area contributed by atoms with Crippen LogP contribution in [0.3, 0.4) is 0 Å². The number of aromatic nitrogens is 1.